The van der Waals surface area contributed by atoms with Gasteiger partial charge in [0.1, 0.15) is 30.1 Å². The van der Waals surface area contributed by atoms with Crippen molar-refractivity contribution >= 4 is 29.2 Å². The first-order chi connectivity index (χ1) is 30.7. The summed E-state index contributed by atoms with van der Waals surface area (Å²) in [6, 6.07) is -1.14. The van der Waals surface area contributed by atoms with Gasteiger partial charge in [-0.15, -0.1) is 0 Å². The standard InChI is InChI=1S/C51H79NO13/c1-30-16-12-11-13-17-31(2)42(61-8)28-38-21-19-36(7)51(60,65-38)48(57)49(58)52-23-15-14-18-39(52)50(59)64-43(33(4)26-37-20-22-40(53)44(27-37)62-9)29-41(54)32(3)25-35(6)46(56)47(63-10)45(55)34(5)24-30/h11-13,16-17,25,30,32-34,36-40,42-44,46-47,53,56,60H,14-15,18-24,26-29H2,1-10H3/b13-11+,16-12+,31-17+,35-25+/t30-,32-,33-,34-,36-,37+,38+,39+,40-,42+,43+,44-,46-,47-,51-/m1/s1. The van der Waals surface area contributed by atoms with Crippen LogP contribution in [0.5, 0.6) is 0 Å². The predicted molar refractivity (Wildman–Crippen MR) is 245 cm³/mol. The molecule has 3 heterocycles. The summed E-state index contributed by atoms with van der Waals surface area (Å²) in [4.78, 5) is 71.8. The second-order valence-electron chi connectivity index (χ2n) is 19.6. The molecule has 3 fully saturated rings. The van der Waals surface area contributed by atoms with Crippen LogP contribution in [0.4, 0.5) is 0 Å². The molecule has 65 heavy (non-hydrogen) atoms. The molecule has 1 aliphatic carbocycles. The minimum absolute atomic E-state index is 0.0193. The highest BCUT2D eigenvalue weighted by Gasteiger charge is 2.53. The fourth-order valence-electron chi connectivity index (χ4n) is 10.1. The number of amides is 1. The Morgan fingerprint density at radius 3 is 2.25 bits per heavy atom. The summed E-state index contributed by atoms with van der Waals surface area (Å²) >= 11 is 0. The van der Waals surface area contributed by atoms with Crippen molar-refractivity contribution in [2.24, 2.45) is 35.5 Å². The smallest absolute Gasteiger partial charge is 0.329 e. The number of ether oxygens (including phenoxy) is 5. The predicted octanol–water partition coefficient (Wildman–Crippen LogP) is 6.18. The molecule has 14 heteroatoms. The lowest BCUT2D eigenvalue weighted by molar-refractivity contribution is -0.265. The number of methoxy groups -OCH3 is 3. The van der Waals surface area contributed by atoms with Crippen LogP contribution < -0.4 is 0 Å². The summed E-state index contributed by atoms with van der Waals surface area (Å²) in [5.41, 5.74) is 1.27. The molecule has 14 nitrogen and oxygen atoms in total. The van der Waals surface area contributed by atoms with Crippen LogP contribution in [0.1, 0.15) is 126 Å². The monoisotopic (exact) mass is 914 g/mol. The van der Waals surface area contributed by atoms with Gasteiger partial charge in [-0.3, -0.25) is 19.2 Å². The highest BCUT2D eigenvalue weighted by Crippen LogP contribution is 2.38. The lowest BCUT2D eigenvalue weighted by Crippen LogP contribution is -2.61. The number of fused-ring (bicyclic) bond motifs is 3. The molecule has 15 atom stereocenters. The number of esters is 1. The van der Waals surface area contributed by atoms with Crippen molar-refractivity contribution in [2.75, 3.05) is 27.9 Å². The average Bonchev–Trinajstić information content (AvgIpc) is 3.28. The Hall–Kier alpha value is -3.37. The van der Waals surface area contributed by atoms with Gasteiger partial charge in [-0.05, 0) is 107 Å². The third kappa shape index (κ3) is 14.3. The Morgan fingerprint density at radius 2 is 1.57 bits per heavy atom. The molecule has 4 aliphatic rings. The van der Waals surface area contributed by atoms with Crippen molar-refractivity contribution in [1.82, 2.24) is 4.90 Å². The minimum atomic E-state index is -2.43. The molecule has 0 aromatic heterocycles. The quantitative estimate of drug-likeness (QED) is 0.156. The number of hydrogen-bond acceptors (Lipinski definition) is 13. The number of cyclic esters (lactones) is 1. The third-order valence-electron chi connectivity index (χ3n) is 14.5. The summed E-state index contributed by atoms with van der Waals surface area (Å²) in [5, 5.41) is 33.8. The number of Topliss-reactive ketones (excluding diaryl/α,β-unsaturated/α-hetero) is 3. The molecule has 3 aliphatic heterocycles. The van der Waals surface area contributed by atoms with E-state index in [1.165, 1.54) is 12.0 Å². The number of rotatable bonds is 6. The highest BCUT2D eigenvalue weighted by molar-refractivity contribution is 6.39. The zero-order chi connectivity index (χ0) is 48.2. The number of carbonyl (C=O) groups is 5. The van der Waals surface area contributed by atoms with Gasteiger partial charge in [0.2, 0.25) is 5.79 Å². The number of allylic oxidation sites excluding steroid dienone is 6. The molecule has 3 N–H and O–H groups in total. The van der Waals surface area contributed by atoms with Crippen LogP contribution in [0.2, 0.25) is 0 Å². The first-order valence-electron chi connectivity index (χ1n) is 23.9. The van der Waals surface area contributed by atoms with Gasteiger partial charge in [0, 0.05) is 58.5 Å². The number of carbonyl (C=O) groups excluding carboxylic acids is 5. The van der Waals surface area contributed by atoms with E-state index in [-0.39, 0.29) is 54.8 Å². The van der Waals surface area contributed by atoms with Gasteiger partial charge < -0.3 is 43.9 Å². The fraction of sp³-hybridized carbons (Fsp3) is 0.745. The summed E-state index contributed by atoms with van der Waals surface area (Å²) in [6.07, 6.45) is 11.2. The first kappa shape index (κ1) is 54.2. The zero-order valence-corrected chi connectivity index (χ0v) is 40.6. The fourth-order valence-corrected chi connectivity index (χ4v) is 10.1. The molecule has 0 unspecified atom stereocenters. The number of ketones is 3. The molecule has 1 saturated carbocycles. The first-order valence-corrected chi connectivity index (χ1v) is 23.9. The van der Waals surface area contributed by atoms with Crippen molar-refractivity contribution in [3.8, 4) is 0 Å². The van der Waals surface area contributed by atoms with E-state index in [1.807, 2.05) is 58.1 Å². The van der Waals surface area contributed by atoms with Gasteiger partial charge in [-0.2, -0.15) is 0 Å². The van der Waals surface area contributed by atoms with Crippen molar-refractivity contribution in [2.45, 2.75) is 180 Å². The molecular formula is C51H79NO13. The highest BCUT2D eigenvalue weighted by atomic mass is 16.6. The molecule has 366 valence electrons. The lowest BCUT2D eigenvalue weighted by atomic mass is 9.78. The Morgan fingerprint density at radius 1 is 0.846 bits per heavy atom. The Bertz CT molecular complexity index is 1760. The van der Waals surface area contributed by atoms with Crippen LogP contribution in [-0.2, 0) is 47.7 Å². The van der Waals surface area contributed by atoms with Gasteiger partial charge in [0.25, 0.3) is 11.7 Å². The van der Waals surface area contributed by atoms with Crippen molar-refractivity contribution in [1.29, 1.82) is 0 Å². The van der Waals surface area contributed by atoms with Crippen LogP contribution >= 0.6 is 0 Å². The largest absolute Gasteiger partial charge is 0.460 e. The second-order valence-corrected chi connectivity index (χ2v) is 19.6. The van der Waals surface area contributed by atoms with Gasteiger partial charge in [-0.25, -0.2) is 4.79 Å². The van der Waals surface area contributed by atoms with Gasteiger partial charge in [0.15, 0.2) is 5.78 Å². The molecule has 4 rings (SSSR count). The number of hydrogen-bond donors (Lipinski definition) is 3. The number of piperidine rings is 1. The van der Waals surface area contributed by atoms with Crippen molar-refractivity contribution in [3.05, 3.63) is 47.6 Å². The van der Waals surface area contributed by atoms with Crippen LogP contribution in [0.25, 0.3) is 0 Å². The second kappa shape index (κ2) is 25.1. The Kier molecular flexibility index (Phi) is 21.0. The van der Waals surface area contributed by atoms with E-state index >= 15 is 0 Å². The lowest BCUT2D eigenvalue weighted by Gasteiger charge is -2.42. The van der Waals surface area contributed by atoms with E-state index in [9.17, 15) is 39.3 Å². The maximum atomic E-state index is 14.4. The van der Waals surface area contributed by atoms with Crippen LogP contribution in [0.15, 0.2) is 47.6 Å². The summed E-state index contributed by atoms with van der Waals surface area (Å²) in [7, 11) is 4.52. The minimum Gasteiger partial charge on any atom is -0.460 e. The molecule has 2 bridgehead atoms. The maximum Gasteiger partial charge on any atom is 0.329 e. The number of aliphatic hydroxyl groups excluding tert-OH is 2. The van der Waals surface area contributed by atoms with Crippen LogP contribution in [0.3, 0.4) is 0 Å². The molecule has 0 aromatic rings. The number of nitrogens with zero attached hydrogens (tertiary/aromatic N) is 1. The van der Waals surface area contributed by atoms with E-state index < -0.39 is 83.9 Å². The van der Waals surface area contributed by atoms with Crippen LogP contribution in [0, 0.1) is 35.5 Å². The summed E-state index contributed by atoms with van der Waals surface area (Å²) in [6.45, 7) is 12.7. The van der Waals surface area contributed by atoms with E-state index in [0.29, 0.717) is 63.4 Å². The maximum absolute atomic E-state index is 14.4. The average molecular weight is 914 g/mol. The van der Waals surface area contributed by atoms with Crippen molar-refractivity contribution < 1.29 is 63.0 Å². The van der Waals surface area contributed by atoms with Crippen LogP contribution in [-0.4, -0.2) is 132 Å². The molecule has 0 aromatic carbocycles. The Balaban J connectivity index is 1.70. The summed E-state index contributed by atoms with van der Waals surface area (Å²) < 4.78 is 29.4. The van der Waals surface area contributed by atoms with Gasteiger partial charge in [0.05, 0.1) is 24.4 Å². The van der Waals surface area contributed by atoms with E-state index in [1.54, 1.807) is 41.1 Å². The van der Waals surface area contributed by atoms with Crippen molar-refractivity contribution in [3.63, 3.8) is 0 Å². The molecule has 2 saturated heterocycles. The van der Waals surface area contributed by atoms with E-state index in [2.05, 4.69) is 0 Å². The topological polar surface area (TPSA) is 195 Å². The normalized spacial score (nSPS) is 40.4. The van der Waals surface area contributed by atoms with Gasteiger partial charge in [-0.1, -0.05) is 71.1 Å². The van der Waals surface area contributed by atoms with E-state index in [4.69, 9.17) is 23.7 Å². The summed E-state index contributed by atoms with van der Waals surface area (Å²) in [5.74, 6) is -7.96. The van der Waals surface area contributed by atoms with Gasteiger partial charge >= 0.3 is 5.97 Å². The van der Waals surface area contributed by atoms with E-state index in [0.717, 1.165) is 12.0 Å². The third-order valence-corrected chi connectivity index (χ3v) is 14.5. The Labute approximate surface area is 387 Å². The SMILES string of the molecule is CO[C@H]1C[C@@H]2CC[C@@H](C)[C@@](O)(O2)C(=O)C(=O)N2CCCC[C@H]2C(=O)O[C@H]([C@H](C)C[C@@H]2CC[C@@H](O)[C@H](OC)C2)CC(=O)[C@H](C)/C=C(\C)[C@@H](O)[C@H](OC)C(=O)[C@H](C)C[C@H](C)/C=C/C=C/C=C/1C. The molecular weight excluding hydrogens is 835 g/mol. The number of aliphatic hydroxyl groups is 3. The molecule has 0 radical (unpaired) electrons. The molecule has 0 spiro atoms. The zero-order valence-electron chi connectivity index (χ0n) is 40.6. The molecule has 1 amide bonds.